The average Bonchev–Trinajstić information content (AvgIpc) is 2.77. The van der Waals surface area contributed by atoms with Crippen molar-refractivity contribution in [2.75, 3.05) is 18.6 Å². The van der Waals surface area contributed by atoms with Crippen molar-refractivity contribution in [2.24, 2.45) is 0 Å². The van der Waals surface area contributed by atoms with Gasteiger partial charge in [-0.1, -0.05) is 6.92 Å². The molecular weight excluding hydrogens is 274 g/mol. The summed E-state index contributed by atoms with van der Waals surface area (Å²) in [5, 5.41) is 1.12. The molecule has 0 bridgehead atoms. The highest BCUT2D eigenvalue weighted by atomic mass is 32.2. The number of sulfone groups is 1. The van der Waals surface area contributed by atoms with E-state index in [0.29, 0.717) is 13.0 Å². The van der Waals surface area contributed by atoms with Crippen LogP contribution in [-0.4, -0.2) is 31.6 Å². The minimum absolute atomic E-state index is 0.227. The van der Waals surface area contributed by atoms with Crippen molar-refractivity contribution in [3.8, 4) is 5.75 Å². The Kier molecular flexibility index (Phi) is 4.70. The first-order chi connectivity index (χ1) is 9.49. The quantitative estimate of drug-likeness (QED) is 0.789. The minimum Gasteiger partial charge on any atom is -0.494 e. The fraction of sp³-hybridized carbons (Fsp3) is 0.467. The Hall–Kier alpha value is -1.49. The van der Waals surface area contributed by atoms with E-state index in [1.165, 1.54) is 6.26 Å². The maximum atomic E-state index is 11.1. The lowest BCUT2D eigenvalue weighted by molar-refractivity contribution is 0.318. The molecule has 0 aliphatic rings. The van der Waals surface area contributed by atoms with Crippen LogP contribution >= 0.6 is 0 Å². The van der Waals surface area contributed by atoms with Gasteiger partial charge in [0.1, 0.15) is 15.6 Å². The number of nitrogens with zero attached hydrogens (tertiary/aromatic N) is 1. The Bertz CT molecular complexity index is 673. The Balaban J connectivity index is 2.08. The van der Waals surface area contributed by atoms with Crippen molar-refractivity contribution >= 4 is 20.7 Å². The second kappa shape index (κ2) is 6.31. The van der Waals surface area contributed by atoms with Gasteiger partial charge in [0.25, 0.3) is 0 Å². The molecule has 0 fully saturated rings. The van der Waals surface area contributed by atoms with Crippen LogP contribution in [0.1, 0.15) is 19.8 Å². The Morgan fingerprint density at radius 2 is 2.05 bits per heavy atom. The monoisotopic (exact) mass is 295 g/mol. The normalized spacial score (nSPS) is 11.9. The van der Waals surface area contributed by atoms with Crippen LogP contribution in [-0.2, 0) is 16.4 Å². The summed E-state index contributed by atoms with van der Waals surface area (Å²) in [5.41, 5.74) is 1.11. The molecule has 4 nitrogen and oxygen atoms in total. The highest BCUT2D eigenvalue weighted by molar-refractivity contribution is 7.90. The molecule has 0 aliphatic carbocycles. The van der Waals surface area contributed by atoms with E-state index >= 15 is 0 Å². The summed E-state index contributed by atoms with van der Waals surface area (Å²) in [6.07, 6.45) is 4.90. The third kappa shape index (κ3) is 4.00. The van der Waals surface area contributed by atoms with Gasteiger partial charge in [0.15, 0.2) is 0 Å². The molecule has 2 rings (SSSR count). The fourth-order valence-corrected chi connectivity index (χ4v) is 2.83. The second-order valence-corrected chi connectivity index (χ2v) is 7.32. The number of hydrogen-bond acceptors (Lipinski definition) is 3. The molecule has 0 saturated carbocycles. The zero-order valence-corrected chi connectivity index (χ0v) is 12.8. The lowest BCUT2D eigenvalue weighted by Gasteiger charge is -2.07. The standard InChI is InChI=1S/C15H21NO3S/c1-3-10-19-14-5-6-15-13(12-14)7-9-16(15)8-4-11-20(2,17)18/h5-7,9,12H,3-4,8,10-11H2,1-2H3. The van der Waals surface area contributed by atoms with Crippen LogP contribution in [0.3, 0.4) is 0 Å². The van der Waals surface area contributed by atoms with Gasteiger partial charge in [-0.2, -0.15) is 0 Å². The maximum Gasteiger partial charge on any atom is 0.147 e. The van der Waals surface area contributed by atoms with E-state index in [1.54, 1.807) is 0 Å². The van der Waals surface area contributed by atoms with Crippen molar-refractivity contribution in [1.29, 1.82) is 0 Å². The fourth-order valence-electron chi connectivity index (χ4n) is 2.18. The molecule has 110 valence electrons. The predicted octanol–water partition coefficient (Wildman–Crippen LogP) is 2.86. The summed E-state index contributed by atoms with van der Waals surface area (Å²) in [5.74, 6) is 1.11. The van der Waals surface area contributed by atoms with Gasteiger partial charge in [-0.25, -0.2) is 8.42 Å². The van der Waals surface area contributed by atoms with Crippen LogP contribution in [0, 0.1) is 0 Å². The van der Waals surface area contributed by atoms with Crippen LogP contribution < -0.4 is 4.74 Å². The van der Waals surface area contributed by atoms with E-state index in [2.05, 4.69) is 11.5 Å². The number of ether oxygens (including phenoxy) is 1. The highest BCUT2D eigenvalue weighted by Crippen LogP contribution is 2.22. The molecule has 2 aromatic rings. The molecule has 0 unspecified atom stereocenters. The van der Waals surface area contributed by atoms with Crippen LogP contribution in [0.25, 0.3) is 10.9 Å². The predicted molar refractivity (Wildman–Crippen MR) is 82.1 cm³/mol. The summed E-state index contributed by atoms with van der Waals surface area (Å²) in [4.78, 5) is 0. The van der Waals surface area contributed by atoms with Gasteiger partial charge in [-0.05, 0) is 37.1 Å². The van der Waals surface area contributed by atoms with Crippen LogP contribution in [0.15, 0.2) is 30.5 Å². The zero-order chi connectivity index (χ0) is 14.6. The first-order valence-corrected chi connectivity index (χ1v) is 8.95. The van der Waals surface area contributed by atoms with Crippen molar-refractivity contribution < 1.29 is 13.2 Å². The van der Waals surface area contributed by atoms with Gasteiger partial charge in [0.2, 0.25) is 0 Å². The van der Waals surface area contributed by atoms with Crippen LogP contribution in [0.5, 0.6) is 5.75 Å². The lowest BCUT2D eigenvalue weighted by atomic mass is 10.2. The Labute approximate surface area is 120 Å². The Morgan fingerprint density at radius 1 is 1.25 bits per heavy atom. The molecule has 0 amide bonds. The largest absolute Gasteiger partial charge is 0.494 e. The van der Waals surface area contributed by atoms with Gasteiger partial charge < -0.3 is 9.30 Å². The molecule has 0 spiro atoms. The number of hydrogen-bond donors (Lipinski definition) is 0. The van der Waals surface area contributed by atoms with Gasteiger partial charge in [-0.3, -0.25) is 0 Å². The smallest absolute Gasteiger partial charge is 0.147 e. The third-order valence-corrected chi connectivity index (χ3v) is 4.16. The highest BCUT2D eigenvalue weighted by Gasteiger charge is 2.05. The zero-order valence-electron chi connectivity index (χ0n) is 12.0. The topological polar surface area (TPSA) is 48.3 Å². The van der Waals surface area contributed by atoms with Crippen molar-refractivity contribution in [1.82, 2.24) is 4.57 Å². The molecule has 0 saturated heterocycles. The van der Waals surface area contributed by atoms with E-state index in [0.717, 1.165) is 29.7 Å². The molecule has 1 aromatic heterocycles. The summed E-state index contributed by atoms with van der Waals surface area (Å²) in [6, 6.07) is 8.05. The summed E-state index contributed by atoms with van der Waals surface area (Å²) < 4.78 is 30.0. The van der Waals surface area contributed by atoms with Gasteiger partial charge in [-0.15, -0.1) is 0 Å². The van der Waals surface area contributed by atoms with Crippen molar-refractivity contribution in [2.45, 2.75) is 26.3 Å². The molecule has 1 heterocycles. The van der Waals surface area contributed by atoms with Gasteiger partial charge in [0.05, 0.1) is 12.4 Å². The van der Waals surface area contributed by atoms with E-state index in [1.807, 2.05) is 30.5 Å². The Morgan fingerprint density at radius 3 is 2.75 bits per heavy atom. The molecular formula is C15H21NO3S. The summed E-state index contributed by atoms with van der Waals surface area (Å²) >= 11 is 0. The number of aromatic nitrogens is 1. The molecule has 5 heteroatoms. The van der Waals surface area contributed by atoms with E-state index in [4.69, 9.17) is 4.74 Å². The first-order valence-electron chi connectivity index (χ1n) is 6.89. The van der Waals surface area contributed by atoms with Gasteiger partial charge >= 0.3 is 0 Å². The molecule has 0 radical (unpaired) electrons. The van der Waals surface area contributed by atoms with E-state index < -0.39 is 9.84 Å². The van der Waals surface area contributed by atoms with Crippen molar-refractivity contribution in [3.63, 3.8) is 0 Å². The first kappa shape index (κ1) is 14.9. The minimum atomic E-state index is -2.88. The van der Waals surface area contributed by atoms with E-state index in [9.17, 15) is 8.42 Å². The second-order valence-electron chi connectivity index (χ2n) is 5.06. The number of benzene rings is 1. The van der Waals surface area contributed by atoms with Crippen LogP contribution in [0.4, 0.5) is 0 Å². The summed E-state index contributed by atoms with van der Waals surface area (Å²) in [7, 11) is -2.88. The molecule has 1 aromatic carbocycles. The number of rotatable bonds is 7. The molecule has 0 atom stereocenters. The average molecular weight is 295 g/mol. The van der Waals surface area contributed by atoms with Gasteiger partial charge in [0, 0.05) is 29.9 Å². The number of fused-ring (bicyclic) bond motifs is 1. The van der Waals surface area contributed by atoms with Crippen LogP contribution in [0.2, 0.25) is 0 Å². The summed E-state index contributed by atoms with van der Waals surface area (Å²) in [6.45, 7) is 3.52. The SMILES string of the molecule is CCCOc1ccc2c(ccn2CCCS(C)(=O)=O)c1. The van der Waals surface area contributed by atoms with E-state index in [-0.39, 0.29) is 5.75 Å². The maximum absolute atomic E-state index is 11.1. The molecule has 20 heavy (non-hydrogen) atoms. The third-order valence-electron chi connectivity index (χ3n) is 3.13. The lowest BCUT2D eigenvalue weighted by Crippen LogP contribution is -2.06. The van der Waals surface area contributed by atoms with Crippen molar-refractivity contribution in [3.05, 3.63) is 30.5 Å². The molecule has 0 N–H and O–H groups in total. The number of aryl methyl sites for hydroxylation is 1. The molecule has 0 aliphatic heterocycles.